The van der Waals surface area contributed by atoms with Crippen LogP contribution >= 0.6 is 7.82 Å². The molecule has 2 heterocycles. The number of hydrogen-bond donors (Lipinski definition) is 0. The topological polar surface area (TPSA) is 115 Å². The number of phosphoric ester groups is 1. The second-order valence-corrected chi connectivity index (χ2v) is 18.7. The Labute approximate surface area is 363 Å². The molecule has 1 fully saturated rings. The normalized spacial score (nSPS) is 17.7. The molecule has 0 aliphatic carbocycles. The van der Waals surface area contributed by atoms with Crippen molar-refractivity contribution in [3.63, 3.8) is 0 Å². The number of halogens is 2. The molecule has 0 spiro atoms. The Morgan fingerprint density at radius 3 is 1.48 bits per heavy atom. The summed E-state index contributed by atoms with van der Waals surface area (Å²) in [6.07, 6.45) is 28.4. The van der Waals surface area contributed by atoms with Gasteiger partial charge in [-0.2, -0.15) is 13.8 Å². The number of rotatable bonds is 40. The van der Waals surface area contributed by atoms with Crippen LogP contribution in [0.15, 0.2) is 17.1 Å². The molecule has 1 aliphatic rings. The zero-order valence-corrected chi connectivity index (χ0v) is 39.2. The molecule has 350 valence electrons. The van der Waals surface area contributed by atoms with Gasteiger partial charge in [0.15, 0.2) is 6.10 Å². The molecule has 2 rings (SSSR count). The molecule has 10 nitrogen and oxygen atoms in total. The Bertz CT molecular complexity index is 1300. The minimum atomic E-state index is -4.22. The number of carbonyl (C=O) groups is 1. The predicted molar refractivity (Wildman–Crippen MR) is 238 cm³/mol. The molecule has 0 bridgehead atoms. The summed E-state index contributed by atoms with van der Waals surface area (Å²) in [6.45, 7) is 7.79. The fraction of sp³-hybridized carbons (Fsp3) is 0.894. The Kier molecular flexibility index (Phi) is 30.6. The van der Waals surface area contributed by atoms with Crippen LogP contribution in [-0.4, -0.2) is 53.5 Å². The fourth-order valence-electron chi connectivity index (χ4n) is 7.69. The van der Waals surface area contributed by atoms with Gasteiger partial charge < -0.3 is 9.47 Å². The number of unbranched alkanes of at least 4 members (excludes halogenated alkanes) is 27. The first kappa shape index (κ1) is 54.4. The summed E-state index contributed by atoms with van der Waals surface area (Å²) in [4.78, 5) is 29.6. The number of ether oxygens (including phenoxy) is 2. The standard InChI is InChI=1S/C47H85F2N2O8P/c1-5-8-11-14-17-20-23-26-29-32-35-43(52)59-44-42(58-45(47(44,48)49)51-37-36-41(4)50-46(51)53)40-57-60(54,55-38-33-30-27-24-21-18-15-12-9-6-2)56-39-34-31-28-25-22-19-16-13-10-7-3/h36-37,42,44-45H,5-35,38-40H2,1-4H3/t42-,44-,45-/m1/s1. The van der Waals surface area contributed by atoms with Crippen LogP contribution < -0.4 is 5.69 Å². The summed E-state index contributed by atoms with van der Waals surface area (Å²) in [5, 5.41) is 0. The van der Waals surface area contributed by atoms with Crippen molar-refractivity contribution in [3.05, 3.63) is 28.4 Å². The number of aromatic nitrogens is 2. The summed E-state index contributed by atoms with van der Waals surface area (Å²) in [6, 6.07) is 1.42. The van der Waals surface area contributed by atoms with Crippen molar-refractivity contribution in [2.45, 2.75) is 251 Å². The third-order valence-corrected chi connectivity index (χ3v) is 12.9. The lowest BCUT2D eigenvalue weighted by Gasteiger charge is -2.25. The van der Waals surface area contributed by atoms with E-state index in [1.165, 1.54) is 121 Å². The van der Waals surface area contributed by atoms with Crippen LogP contribution in [0.4, 0.5) is 8.78 Å². The van der Waals surface area contributed by atoms with Gasteiger partial charge in [0, 0.05) is 18.3 Å². The first-order valence-electron chi connectivity index (χ1n) is 24.4. The SMILES string of the molecule is CCCCCCCCCCCCOP(=O)(OCCCCCCCCCCCC)OC[C@H]1O[C@@H](n2ccc(C)nc2=O)C(F)(F)[C@@H]1OC(=O)CCCCCCCCCCCC. The molecule has 13 heteroatoms. The van der Waals surface area contributed by atoms with Gasteiger partial charge in [0.05, 0.1) is 19.8 Å². The summed E-state index contributed by atoms with van der Waals surface area (Å²) in [7, 11) is -4.22. The van der Waals surface area contributed by atoms with E-state index in [9.17, 15) is 14.2 Å². The first-order chi connectivity index (χ1) is 29.1. The molecular weight excluding hydrogens is 789 g/mol. The van der Waals surface area contributed by atoms with Crippen LogP contribution in [0.2, 0.25) is 0 Å². The zero-order chi connectivity index (χ0) is 43.7. The van der Waals surface area contributed by atoms with Crippen LogP contribution in [0.25, 0.3) is 0 Å². The predicted octanol–water partition coefficient (Wildman–Crippen LogP) is 14.3. The van der Waals surface area contributed by atoms with Crippen LogP contribution in [0, 0.1) is 6.92 Å². The Hall–Kier alpha value is -1.72. The molecule has 0 amide bonds. The van der Waals surface area contributed by atoms with Crippen LogP contribution in [0.3, 0.4) is 0 Å². The molecule has 1 saturated heterocycles. The third-order valence-electron chi connectivity index (χ3n) is 11.5. The molecule has 0 N–H and O–H groups in total. The van der Waals surface area contributed by atoms with Gasteiger partial charge in [-0.25, -0.2) is 9.36 Å². The molecule has 60 heavy (non-hydrogen) atoms. The molecule has 0 saturated carbocycles. The molecule has 1 aliphatic heterocycles. The highest BCUT2D eigenvalue weighted by Gasteiger charge is 2.63. The second-order valence-electron chi connectivity index (χ2n) is 17.1. The number of phosphoric acid groups is 1. The van der Waals surface area contributed by atoms with Crippen molar-refractivity contribution in [1.82, 2.24) is 9.55 Å². The van der Waals surface area contributed by atoms with Crippen molar-refractivity contribution in [2.75, 3.05) is 19.8 Å². The lowest BCUT2D eigenvalue weighted by molar-refractivity contribution is -0.176. The number of esters is 1. The Balaban J connectivity index is 2.03. The van der Waals surface area contributed by atoms with E-state index in [0.29, 0.717) is 29.5 Å². The van der Waals surface area contributed by atoms with E-state index in [4.69, 9.17) is 23.0 Å². The van der Waals surface area contributed by atoms with Crippen LogP contribution in [0.1, 0.15) is 232 Å². The molecule has 0 radical (unpaired) electrons. The molecular formula is C47H85F2N2O8P. The summed E-state index contributed by atoms with van der Waals surface area (Å²) in [5.41, 5.74) is -0.570. The average molecular weight is 875 g/mol. The lowest BCUT2D eigenvalue weighted by atomic mass is 10.1. The van der Waals surface area contributed by atoms with Gasteiger partial charge in [0.2, 0.25) is 6.23 Å². The Morgan fingerprint density at radius 1 is 0.667 bits per heavy atom. The van der Waals surface area contributed by atoms with Gasteiger partial charge in [0.1, 0.15) is 6.10 Å². The Morgan fingerprint density at radius 2 is 1.07 bits per heavy atom. The van der Waals surface area contributed by atoms with Crippen molar-refractivity contribution >= 4 is 13.8 Å². The maximum Gasteiger partial charge on any atom is 0.474 e. The fourth-order valence-corrected chi connectivity index (χ4v) is 8.95. The van der Waals surface area contributed by atoms with Gasteiger partial charge >= 0.3 is 25.4 Å². The number of nitrogens with zero attached hydrogens (tertiary/aromatic N) is 2. The smallest absolute Gasteiger partial charge is 0.453 e. The van der Waals surface area contributed by atoms with E-state index < -0.39 is 50.4 Å². The minimum Gasteiger partial charge on any atom is -0.453 e. The lowest BCUT2D eigenvalue weighted by Crippen LogP contribution is -2.44. The monoisotopic (exact) mass is 875 g/mol. The molecule has 3 atom stereocenters. The molecule has 1 aromatic rings. The largest absolute Gasteiger partial charge is 0.474 e. The van der Waals surface area contributed by atoms with Gasteiger partial charge in [-0.3, -0.25) is 22.9 Å². The summed E-state index contributed by atoms with van der Waals surface area (Å²) in [5.74, 6) is -4.62. The van der Waals surface area contributed by atoms with Crippen molar-refractivity contribution in [2.24, 2.45) is 0 Å². The van der Waals surface area contributed by atoms with Crippen molar-refractivity contribution in [1.29, 1.82) is 0 Å². The number of carbonyl (C=O) groups excluding carboxylic acids is 1. The zero-order valence-electron chi connectivity index (χ0n) is 38.3. The third kappa shape index (κ3) is 23.6. The maximum atomic E-state index is 16.2. The van der Waals surface area contributed by atoms with Crippen molar-refractivity contribution < 1.29 is 41.2 Å². The highest BCUT2D eigenvalue weighted by atomic mass is 31.2. The van der Waals surface area contributed by atoms with E-state index in [-0.39, 0.29) is 19.6 Å². The van der Waals surface area contributed by atoms with E-state index in [0.717, 1.165) is 64.2 Å². The number of hydrogen-bond acceptors (Lipinski definition) is 9. The van der Waals surface area contributed by atoms with E-state index in [1.54, 1.807) is 6.92 Å². The average Bonchev–Trinajstić information content (AvgIpc) is 3.46. The molecule has 1 aromatic heterocycles. The van der Waals surface area contributed by atoms with Crippen LogP contribution in [0.5, 0.6) is 0 Å². The van der Waals surface area contributed by atoms with Crippen molar-refractivity contribution in [3.8, 4) is 0 Å². The second kappa shape index (κ2) is 33.8. The number of alkyl halides is 2. The summed E-state index contributed by atoms with van der Waals surface area (Å²) < 4.78 is 75.7. The van der Waals surface area contributed by atoms with Gasteiger partial charge in [-0.15, -0.1) is 0 Å². The molecule has 0 unspecified atom stereocenters. The maximum absolute atomic E-state index is 16.2. The van der Waals surface area contributed by atoms with E-state index in [2.05, 4.69) is 25.8 Å². The summed E-state index contributed by atoms with van der Waals surface area (Å²) >= 11 is 0. The quantitative estimate of drug-likeness (QED) is 0.0361. The van der Waals surface area contributed by atoms with Gasteiger partial charge in [0.25, 0.3) is 0 Å². The van der Waals surface area contributed by atoms with Gasteiger partial charge in [-0.05, 0) is 32.3 Å². The highest BCUT2D eigenvalue weighted by molar-refractivity contribution is 7.48. The van der Waals surface area contributed by atoms with E-state index >= 15 is 8.78 Å². The minimum absolute atomic E-state index is 0.0320. The van der Waals surface area contributed by atoms with Gasteiger partial charge in [-0.1, -0.05) is 194 Å². The molecule has 0 aromatic carbocycles. The van der Waals surface area contributed by atoms with E-state index in [1.807, 2.05) is 0 Å². The first-order valence-corrected chi connectivity index (χ1v) is 25.9. The number of aryl methyl sites for hydroxylation is 1. The van der Waals surface area contributed by atoms with Crippen LogP contribution in [-0.2, 0) is 32.4 Å². The highest BCUT2D eigenvalue weighted by Crippen LogP contribution is 2.52.